The van der Waals surface area contributed by atoms with Gasteiger partial charge in [-0.2, -0.15) is 0 Å². The van der Waals surface area contributed by atoms with Crippen LogP contribution in [0.4, 0.5) is 0 Å². The first kappa shape index (κ1) is 67.5. The van der Waals surface area contributed by atoms with E-state index < -0.39 is 0 Å². The Morgan fingerprint density at radius 2 is 0.528 bits per heavy atom. The molecule has 0 atom stereocenters. The Labute approximate surface area is 628 Å². The van der Waals surface area contributed by atoms with Gasteiger partial charge in [-0.15, -0.1) is 0 Å². The van der Waals surface area contributed by atoms with Gasteiger partial charge in [0.2, 0.25) is 0 Å². The van der Waals surface area contributed by atoms with Crippen LogP contribution in [0.2, 0.25) is 0 Å². The van der Waals surface area contributed by atoms with Gasteiger partial charge in [0.25, 0.3) is 0 Å². The number of benzene rings is 16. The van der Waals surface area contributed by atoms with Crippen LogP contribution in [0.3, 0.4) is 0 Å². The molecular formula is C102H81N5O. The second-order valence-corrected chi connectivity index (χ2v) is 27.8. The van der Waals surface area contributed by atoms with Crippen LogP contribution in [-0.2, 0) is 35.2 Å². The summed E-state index contributed by atoms with van der Waals surface area (Å²) in [5.74, 6) is 0. The van der Waals surface area contributed by atoms with E-state index in [1.54, 1.807) is 0 Å². The van der Waals surface area contributed by atoms with Crippen molar-refractivity contribution in [1.82, 2.24) is 22.8 Å². The first-order chi connectivity index (χ1) is 53.1. The number of nitrogens with zero attached hydrogens (tertiary/aromatic N) is 5. The first-order valence-corrected chi connectivity index (χ1v) is 37.0. The monoisotopic (exact) mass is 1390 g/mol. The number of rotatable bonds is 4. The summed E-state index contributed by atoms with van der Waals surface area (Å²) in [7, 11) is 10.7. The van der Waals surface area contributed by atoms with Crippen LogP contribution in [0, 0.1) is 6.92 Å². The van der Waals surface area contributed by atoms with Gasteiger partial charge in [0, 0.05) is 155 Å². The molecule has 0 saturated carbocycles. The summed E-state index contributed by atoms with van der Waals surface area (Å²) in [6, 6.07) is 135. The van der Waals surface area contributed by atoms with Crippen molar-refractivity contribution >= 4 is 131 Å². The summed E-state index contributed by atoms with van der Waals surface area (Å²) in [5, 5.41) is 15.7. The van der Waals surface area contributed by atoms with Crippen LogP contribution in [-0.4, -0.2) is 22.8 Å². The highest BCUT2D eigenvalue weighted by molar-refractivity contribution is 6.16. The van der Waals surface area contributed by atoms with Crippen molar-refractivity contribution < 1.29 is 4.42 Å². The molecule has 0 spiro atoms. The van der Waals surface area contributed by atoms with Gasteiger partial charge >= 0.3 is 0 Å². The molecule has 0 bridgehead atoms. The number of hydrogen-bond donors (Lipinski definition) is 0. The number of furan rings is 1. The molecule has 0 amide bonds. The Bertz CT molecular complexity index is 6900. The molecular weight excluding hydrogens is 1310 g/mol. The number of aromatic nitrogens is 5. The molecule has 6 aromatic heterocycles. The van der Waals surface area contributed by atoms with Crippen molar-refractivity contribution in [3.63, 3.8) is 0 Å². The first-order valence-electron chi connectivity index (χ1n) is 37.0. The summed E-state index contributed by atoms with van der Waals surface area (Å²) in [5.41, 5.74) is 26.3. The average Bonchev–Trinajstić information content (AvgIpc) is 1.62. The minimum atomic E-state index is 0.969. The van der Waals surface area contributed by atoms with Crippen LogP contribution >= 0.6 is 0 Å². The molecule has 0 fully saturated rings. The predicted molar refractivity (Wildman–Crippen MR) is 462 cm³/mol. The van der Waals surface area contributed by atoms with Gasteiger partial charge in [0.1, 0.15) is 11.2 Å². The Hall–Kier alpha value is -13.7. The minimum Gasteiger partial charge on any atom is -0.456 e. The Morgan fingerprint density at radius 3 is 1.07 bits per heavy atom. The lowest BCUT2D eigenvalue weighted by molar-refractivity contribution is 0.666. The number of hydrogen-bond acceptors (Lipinski definition) is 1. The summed E-state index contributed by atoms with van der Waals surface area (Å²) in [6.45, 7) is 2.07. The fraction of sp³-hybridized carbons (Fsp3) is 0.0588. The van der Waals surface area contributed by atoms with E-state index in [-0.39, 0.29) is 0 Å². The number of fused-ring (bicyclic) bond motifs is 18. The van der Waals surface area contributed by atoms with Gasteiger partial charge in [-0.25, -0.2) is 0 Å². The highest BCUT2D eigenvalue weighted by Crippen LogP contribution is 2.40. The van der Waals surface area contributed by atoms with Crippen molar-refractivity contribution in [2.45, 2.75) is 6.92 Å². The lowest BCUT2D eigenvalue weighted by Gasteiger charge is -2.06. The van der Waals surface area contributed by atoms with Crippen molar-refractivity contribution in [1.29, 1.82) is 0 Å². The third-order valence-electron chi connectivity index (χ3n) is 21.5. The normalized spacial score (nSPS) is 11.2. The molecule has 22 rings (SSSR count). The van der Waals surface area contributed by atoms with E-state index in [0.717, 1.165) is 11.2 Å². The molecule has 22 aromatic rings. The highest BCUT2D eigenvalue weighted by atomic mass is 16.3. The fourth-order valence-corrected chi connectivity index (χ4v) is 16.1. The van der Waals surface area contributed by atoms with Gasteiger partial charge in [-0.3, -0.25) is 0 Å². The zero-order chi connectivity index (χ0) is 73.2. The van der Waals surface area contributed by atoms with Crippen LogP contribution in [0.1, 0.15) is 5.56 Å². The molecule has 6 nitrogen and oxygen atoms in total. The van der Waals surface area contributed by atoms with E-state index in [1.165, 1.54) is 170 Å². The van der Waals surface area contributed by atoms with E-state index >= 15 is 0 Å². The van der Waals surface area contributed by atoms with E-state index in [0.29, 0.717) is 0 Å². The van der Waals surface area contributed by atoms with E-state index in [2.05, 4.69) is 429 Å². The number of para-hydroxylation sites is 9. The zero-order valence-electron chi connectivity index (χ0n) is 61.5. The summed E-state index contributed by atoms with van der Waals surface area (Å²) < 4.78 is 17.1. The zero-order valence-corrected chi connectivity index (χ0v) is 61.5. The Kier molecular flexibility index (Phi) is 18.4. The van der Waals surface area contributed by atoms with Gasteiger partial charge in [-0.05, 0) is 118 Å². The molecule has 0 N–H and O–H groups in total. The SMILES string of the molecule is Cc1cccc2c1oc1ccccc12.Cn1c2ccccc2c2c(-c3ccccc3)cccc21.Cn1c2ccccc2c2cc(-c3ccccc3)ccc21.Cn1c2ccccc2c2ccc(-c3ccccc3)cc21.Cn1c2ccccc2c2cccc(-c3ccccc3)c21.Cn1c2ccccc2c2ccccc21. The summed E-state index contributed by atoms with van der Waals surface area (Å²) in [4.78, 5) is 0. The molecule has 6 heteroatoms. The molecule has 16 aromatic carbocycles. The second-order valence-electron chi connectivity index (χ2n) is 27.8. The Morgan fingerprint density at radius 1 is 0.194 bits per heavy atom. The molecule has 108 heavy (non-hydrogen) atoms. The predicted octanol–water partition coefficient (Wildman–Crippen LogP) is 27.2. The third kappa shape index (κ3) is 12.6. The van der Waals surface area contributed by atoms with Crippen molar-refractivity contribution in [3.8, 4) is 44.5 Å². The molecule has 0 radical (unpaired) electrons. The Balaban J connectivity index is 0.0000000955. The maximum Gasteiger partial charge on any atom is 0.138 e. The number of aryl methyl sites for hydroxylation is 6. The van der Waals surface area contributed by atoms with Crippen molar-refractivity contribution in [2.75, 3.05) is 0 Å². The van der Waals surface area contributed by atoms with E-state index in [1.807, 2.05) is 18.2 Å². The lowest BCUT2D eigenvalue weighted by Crippen LogP contribution is -1.89. The van der Waals surface area contributed by atoms with Crippen LogP contribution in [0.25, 0.3) is 175 Å². The molecule has 6 heterocycles. The summed E-state index contributed by atoms with van der Waals surface area (Å²) in [6.07, 6.45) is 0. The fourth-order valence-electron chi connectivity index (χ4n) is 16.1. The average molecular weight is 1390 g/mol. The van der Waals surface area contributed by atoms with Crippen LogP contribution in [0.5, 0.6) is 0 Å². The van der Waals surface area contributed by atoms with Crippen LogP contribution < -0.4 is 0 Å². The van der Waals surface area contributed by atoms with E-state index in [4.69, 9.17) is 4.42 Å². The van der Waals surface area contributed by atoms with Crippen LogP contribution in [0.15, 0.2) is 387 Å². The standard InChI is InChI=1S/4C19H15N.C13H11N.C13H10O/c1-20-18-13-6-5-10-16(18)17-12-7-11-15(19(17)20)14-8-3-2-4-9-14;1-20-17-12-6-5-10-16(17)19-15(11-7-13-18(19)20)14-8-3-2-4-9-14;1-20-18-10-6-5-9-16(18)17-13-15(11-12-19(17)20)14-7-3-2-4-8-14;1-20-18-10-6-5-9-16(18)17-12-11-15(13-19(17)20)14-7-3-2-4-8-14;1-14-12-8-4-2-6-10(12)11-7-3-5-9-13(11)14;1-9-5-4-7-11-10-6-2-3-8-12(10)14-13(9)11/h4*2-13H,1H3;2-9H,1H3;2-8H,1H3. The topological polar surface area (TPSA) is 37.8 Å². The van der Waals surface area contributed by atoms with Crippen molar-refractivity contribution in [3.05, 3.63) is 388 Å². The van der Waals surface area contributed by atoms with Crippen molar-refractivity contribution in [2.24, 2.45) is 35.2 Å². The molecule has 0 aliphatic heterocycles. The lowest BCUT2D eigenvalue weighted by atomic mass is 10.00. The minimum absolute atomic E-state index is 0.969. The van der Waals surface area contributed by atoms with E-state index in [9.17, 15) is 0 Å². The third-order valence-corrected chi connectivity index (χ3v) is 21.5. The molecule has 0 saturated heterocycles. The van der Waals surface area contributed by atoms with Gasteiger partial charge in [0.15, 0.2) is 0 Å². The molecule has 0 unspecified atom stereocenters. The smallest absolute Gasteiger partial charge is 0.138 e. The van der Waals surface area contributed by atoms with Gasteiger partial charge in [0.05, 0.1) is 5.52 Å². The maximum absolute atomic E-state index is 5.78. The molecule has 520 valence electrons. The van der Waals surface area contributed by atoms with Gasteiger partial charge in [-0.1, -0.05) is 315 Å². The largest absolute Gasteiger partial charge is 0.456 e. The molecule has 0 aliphatic rings. The maximum atomic E-state index is 5.78. The molecule has 0 aliphatic carbocycles. The van der Waals surface area contributed by atoms with Gasteiger partial charge < -0.3 is 27.3 Å². The highest BCUT2D eigenvalue weighted by Gasteiger charge is 2.16. The quantitative estimate of drug-likeness (QED) is 0.173. The summed E-state index contributed by atoms with van der Waals surface area (Å²) >= 11 is 0. The second kappa shape index (κ2) is 29.5.